The van der Waals surface area contributed by atoms with E-state index in [1.54, 1.807) is 42.5 Å². The van der Waals surface area contributed by atoms with Crippen LogP contribution >= 0.6 is 11.6 Å². The summed E-state index contributed by atoms with van der Waals surface area (Å²) in [7, 11) is 0. The predicted octanol–water partition coefficient (Wildman–Crippen LogP) is 1.93. The summed E-state index contributed by atoms with van der Waals surface area (Å²) in [6, 6.07) is 11.5. The third-order valence-corrected chi connectivity index (χ3v) is 4.99. The third kappa shape index (κ3) is 4.12. The van der Waals surface area contributed by atoms with Crippen molar-refractivity contribution in [2.75, 3.05) is 24.7 Å². The van der Waals surface area contributed by atoms with E-state index in [2.05, 4.69) is 10.9 Å². The van der Waals surface area contributed by atoms with E-state index in [1.807, 2.05) is 0 Å². The van der Waals surface area contributed by atoms with Crippen LogP contribution in [0.2, 0.25) is 5.02 Å². The van der Waals surface area contributed by atoms with Gasteiger partial charge in [-0.2, -0.15) is 0 Å². The number of nitrogens with zero attached hydrogens (tertiary/aromatic N) is 1. The second-order valence-electron chi connectivity index (χ2n) is 6.68. The minimum atomic E-state index is -0.582. The number of hydrogen-bond acceptors (Lipinski definition) is 5. The average Bonchev–Trinajstić information content (AvgIpc) is 3.13. The highest BCUT2D eigenvalue weighted by atomic mass is 35.5. The Morgan fingerprint density at radius 2 is 1.72 bits per heavy atom. The number of hydrazine groups is 1. The molecule has 0 radical (unpaired) electrons. The molecule has 0 spiro atoms. The third-order valence-electron chi connectivity index (χ3n) is 4.74. The van der Waals surface area contributed by atoms with Crippen molar-refractivity contribution in [3.63, 3.8) is 0 Å². The van der Waals surface area contributed by atoms with Crippen molar-refractivity contribution in [3.05, 3.63) is 53.1 Å². The lowest BCUT2D eigenvalue weighted by molar-refractivity contribution is -0.126. The lowest BCUT2D eigenvalue weighted by Crippen LogP contribution is -2.45. The lowest BCUT2D eigenvalue weighted by atomic mass is 10.1. The maximum absolute atomic E-state index is 12.4. The summed E-state index contributed by atoms with van der Waals surface area (Å²) in [5, 5.41) is 0.509. The van der Waals surface area contributed by atoms with Gasteiger partial charge in [0.25, 0.3) is 5.91 Å². The maximum atomic E-state index is 12.4. The van der Waals surface area contributed by atoms with Gasteiger partial charge in [-0.3, -0.25) is 25.2 Å². The Bertz CT molecular complexity index is 963. The van der Waals surface area contributed by atoms with Crippen molar-refractivity contribution >= 4 is 35.0 Å². The molecule has 2 aliphatic rings. The van der Waals surface area contributed by atoms with E-state index in [-0.39, 0.29) is 18.9 Å². The fourth-order valence-electron chi connectivity index (χ4n) is 3.23. The van der Waals surface area contributed by atoms with Gasteiger partial charge in [0.2, 0.25) is 11.8 Å². The van der Waals surface area contributed by atoms with Crippen LogP contribution in [0.1, 0.15) is 16.8 Å². The summed E-state index contributed by atoms with van der Waals surface area (Å²) in [5.41, 5.74) is 5.74. The van der Waals surface area contributed by atoms with Gasteiger partial charge in [-0.05, 0) is 36.4 Å². The van der Waals surface area contributed by atoms with Crippen LogP contribution in [0.4, 0.5) is 5.69 Å². The largest absolute Gasteiger partial charge is 0.486 e. The van der Waals surface area contributed by atoms with Crippen LogP contribution in [-0.4, -0.2) is 37.5 Å². The minimum Gasteiger partial charge on any atom is -0.486 e. The van der Waals surface area contributed by atoms with Crippen LogP contribution in [0.25, 0.3) is 0 Å². The molecule has 150 valence electrons. The molecule has 0 aliphatic carbocycles. The number of hydrogen-bond donors (Lipinski definition) is 2. The quantitative estimate of drug-likeness (QED) is 0.746. The normalized spacial score (nSPS) is 17.8. The van der Waals surface area contributed by atoms with Crippen LogP contribution < -0.4 is 25.2 Å². The molecular formula is C20H18ClN3O5. The molecule has 1 atom stereocenters. The van der Waals surface area contributed by atoms with E-state index in [0.717, 1.165) is 0 Å². The molecule has 4 rings (SSSR count). The molecule has 0 bridgehead atoms. The molecular weight excluding hydrogens is 398 g/mol. The fourth-order valence-corrected chi connectivity index (χ4v) is 3.35. The van der Waals surface area contributed by atoms with Crippen LogP contribution in [0.15, 0.2) is 42.5 Å². The topological polar surface area (TPSA) is 97.0 Å². The summed E-state index contributed by atoms with van der Waals surface area (Å²) < 4.78 is 11.0. The van der Waals surface area contributed by atoms with Gasteiger partial charge < -0.3 is 14.4 Å². The number of ether oxygens (including phenoxy) is 2. The Balaban J connectivity index is 1.36. The van der Waals surface area contributed by atoms with Crippen LogP contribution in [0.5, 0.6) is 11.5 Å². The highest BCUT2D eigenvalue weighted by Gasteiger charge is 2.35. The number of amides is 3. The van der Waals surface area contributed by atoms with Crippen molar-refractivity contribution in [1.29, 1.82) is 0 Å². The Kier molecular flexibility index (Phi) is 5.26. The number of nitrogens with one attached hydrogen (secondary N) is 2. The molecule has 1 saturated heterocycles. The van der Waals surface area contributed by atoms with Gasteiger partial charge in [-0.15, -0.1) is 0 Å². The second-order valence-corrected chi connectivity index (χ2v) is 7.12. The van der Waals surface area contributed by atoms with Gasteiger partial charge in [0, 0.05) is 35.3 Å². The van der Waals surface area contributed by atoms with Gasteiger partial charge in [-0.25, -0.2) is 0 Å². The Morgan fingerprint density at radius 3 is 2.48 bits per heavy atom. The number of carbonyl (C=O) groups excluding carboxylic acids is 3. The lowest BCUT2D eigenvalue weighted by Gasteiger charge is -2.22. The summed E-state index contributed by atoms with van der Waals surface area (Å²) in [4.78, 5) is 38.5. The molecule has 3 amide bonds. The van der Waals surface area contributed by atoms with Crippen molar-refractivity contribution < 1.29 is 23.9 Å². The number of anilines is 1. The van der Waals surface area contributed by atoms with E-state index < -0.39 is 17.7 Å². The van der Waals surface area contributed by atoms with E-state index in [9.17, 15) is 14.4 Å². The first-order valence-corrected chi connectivity index (χ1v) is 9.45. The van der Waals surface area contributed by atoms with Gasteiger partial charge in [-0.1, -0.05) is 11.6 Å². The minimum absolute atomic E-state index is 0.0527. The SMILES string of the molecule is O=C(NNC(=O)[C@@H]1CC(=O)N(c2ccc3c(c2)OCCO3)C1)c1ccc(Cl)cc1. The first kappa shape index (κ1) is 19.1. The van der Waals surface area contributed by atoms with Crippen molar-refractivity contribution in [2.24, 2.45) is 5.92 Å². The number of fused-ring (bicyclic) bond motifs is 1. The molecule has 8 nitrogen and oxygen atoms in total. The zero-order valence-electron chi connectivity index (χ0n) is 15.3. The van der Waals surface area contributed by atoms with Gasteiger partial charge >= 0.3 is 0 Å². The van der Waals surface area contributed by atoms with Crippen molar-refractivity contribution in [1.82, 2.24) is 10.9 Å². The van der Waals surface area contributed by atoms with Gasteiger partial charge in [0.15, 0.2) is 11.5 Å². The molecule has 29 heavy (non-hydrogen) atoms. The zero-order valence-corrected chi connectivity index (χ0v) is 16.1. The predicted molar refractivity (Wildman–Crippen MR) is 105 cm³/mol. The van der Waals surface area contributed by atoms with Gasteiger partial charge in [0.05, 0.1) is 5.92 Å². The Morgan fingerprint density at radius 1 is 1.00 bits per heavy atom. The highest BCUT2D eigenvalue weighted by molar-refractivity contribution is 6.30. The molecule has 0 unspecified atom stereocenters. The fraction of sp³-hybridized carbons (Fsp3) is 0.250. The van der Waals surface area contributed by atoms with E-state index >= 15 is 0 Å². The molecule has 0 saturated carbocycles. The smallest absolute Gasteiger partial charge is 0.269 e. The molecule has 2 heterocycles. The average molecular weight is 416 g/mol. The van der Waals surface area contributed by atoms with Crippen LogP contribution in [-0.2, 0) is 9.59 Å². The van der Waals surface area contributed by atoms with Crippen LogP contribution in [0, 0.1) is 5.92 Å². The Labute approximate surface area is 171 Å². The van der Waals surface area contributed by atoms with Crippen molar-refractivity contribution in [2.45, 2.75) is 6.42 Å². The molecule has 0 aromatic heterocycles. The standard InChI is InChI=1S/C20H18ClN3O5/c21-14-3-1-12(2-4-14)19(26)22-23-20(27)13-9-18(25)24(11-13)15-5-6-16-17(10-15)29-8-7-28-16/h1-6,10,13H,7-9,11H2,(H,22,26)(H,23,27)/t13-/m1/s1. The van der Waals surface area contributed by atoms with Crippen molar-refractivity contribution in [3.8, 4) is 11.5 Å². The number of benzene rings is 2. The monoisotopic (exact) mass is 415 g/mol. The van der Waals surface area contributed by atoms with E-state index in [4.69, 9.17) is 21.1 Å². The zero-order chi connectivity index (χ0) is 20.4. The van der Waals surface area contributed by atoms with Gasteiger partial charge in [0.1, 0.15) is 13.2 Å². The number of carbonyl (C=O) groups is 3. The number of rotatable bonds is 3. The van der Waals surface area contributed by atoms with E-state index in [0.29, 0.717) is 41.0 Å². The number of halogens is 1. The first-order chi connectivity index (χ1) is 14.0. The molecule has 2 aliphatic heterocycles. The van der Waals surface area contributed by atoms with E-state index in [1.165, 1.54) is 4.90 Å². The Hall–Kier alpha value is -3.26. The molecule has 9 heteroatoms. The first-order valence-electron chi connectivity index (χ1n) is 9.07. The molecule has 2 N–H and O–H groups in total. The van der Waals surface area contributed by atoms with Crippen LogP contribution in [0.3, 0.4) is 0 Å². The maximum Gasteiger partial charge on any atom is 0.269 e. The summed E-state index contributed by atoms with van der Waals surface area (Å²) >= 11 is 5.79. The summed E-state index contributed by atoms with van der Waals surface area (Å²) in [5.74, 6) is -0.452. The highest BCUT2D eigenvalue weighted by Crippen LogP contribution is 2.35. The molecule has 2 aromatic carbocycles. The summed E-state index contributed by atoms with van der Waals surface area (Å²) in [6.07, 6.45) is 0.0527. The second kappa shape index (κ2) is 8.00. The summed E-state index contributed by atoms with van der Waals surface area (Å²) in [6.45, 7) is 1.14. The molecule has 2 aromatic rings. The molecule has 1 fully saturated rings.